The van der Waals surface area contributed by atoms with Crippen LogP contribution in [0.2, 0.25) is 0 Å². The van der Waals surface area contributed by atoms with Crippen molar-refractivity contribution in [2.75, 3.05) is 13.1 Å². The fourth-order valence-corrected chi connectivity index (χ4v) is 4.11. The Balaban J connectivity index is 1.49. The van der Waals surface area contributed by atoms with Crippen LogP contribution in [0.4, 0.5) is 4.79 Å². The maximum atomic E-state index is 13.1. The van der Waals surface area contributed by atoms with Crippen molar-refractivity contribution >= 4 is 23.9 Å². The summed E-state index contributed by atoms with van der Waals surface area (Å²) in [6.45, 7) is 6.45. The number of hydrogen-bond donors (Lipinski definition) is 1. The monoisotopic (exact) mass is 465 g/mol. The number of carbonyl (C=O) groups excluding carboxylic acids is 4. The van der Waals surface area contributed by atoms with Crippen molar-refractivity contribution < 1.29 is 28.8 Å². The molecule has 0 aliphatic carbocycles. The van der Waals surface area contributed by atoms with E-state index in [1.165, 1.54) is 12.1 Å². The van der Waals surface area contributed by atoms with Crippen molar-refractivity contribution in [2.45, 2.75) is 39.0 Å². The summed E-state index contributed by atoms with van der Waals surface area (Å²) in [6.07, 6.45) is -0.655. The molecular weight excluding hydrogens is 438 g/mol. The van der Waals surface area contributed by atoms with E-state index in [1.807, 2.05) is 35.2 Å². The Labute approximate surface area is 197 Å². The Morgan fingerprint density at radius 2 is 1.53 bits per heavy atom. The summed E-state index contributed by atoms with van der Waals surface area (Å²) >= 11 is 0. The molecule has 2 unspecified atom stereocenters. The topological polar surface area (TPSA) is 105 Å². The zero-order chi connectivity index (χ0) is 24.5. The minimum Gasteiger partial charge on any atom is -0.444 e. The molecule has 34 heavy (non-hydrogen) atoms. The molecule has 2 aromatic carbocycles. The molecule has 3 amide bonds. The van der Waals surface area contributed by atoms with Crippen molar-refractivity contribution in [3.8, 4) is 0 Å². The fraction of sp³-hybridized carbons (Fsp3) is 0.360. The molecule has 0 aromatic heterocycles. The number of alkyl carbamates (subject to hydrolysis) is 1. The fourth-order valence-electron chi connectivity index (χ4n) is 4.11. The van der Waals surface area contributed by atoms with E-state index in [0.29, 0.717) is 18.2 Å². The number of hydrogen-bond acceptors (Lipinski definition) is 7. The van der Waals surface area contributed by atoms with Crippen LogP contribution in [0.5, 0.6) is 0 Å². The van der Waals surface area contributed by atoms with E-state index in [4.69, 9.17) is 9.57 Å². The molecule has 1 fully saturated rings. The molecule has 1 saturated heterocycles. The predicted octanol–water partition coefficient (Wildman–Crippen LogP) is 2.77. The van der Waals surface area contributed by atoms with Gasteiger partial charge in [-0.2, -0.15) is 0 Å². The van der Waals surface area contributed by atoms with Gasteiger partial charge in [-0.15, -0.1) is 0 Å². The lowest BCUT2D eigenvalue weighted by atomic mass is 10.0. The van der Waals surface area contributed by atoms with Gasteiger partial charge in [-0.25, -0.2) is 9.59 Å². The number of ether oxygens (including phenoxy) is 1. The lowest BCUT2D eigenvalue weighted by Gasteiger charge is -2.24. The first-order valence-corrected chi connectivity index (χ1v) is 11.1. The van der Waals surface area contributed by atoms with Crippen LogP contribution in [0.25, 0.3) is 0 Å². The molecule has 0 saturated carbocycles. The summed E-state index contributed by atoms with van der Waals surface area (Å²) in [4.78, 5) is 58.1. The van der Waals surface area contributed by atoms with E-state index in [9.17, 15) is 19.2 Å². The van der Waals surface area contributed by atoms with Crippen LogP contribution in [-0.2, 0) is 20.9 Å². The number of hydroxylamine groups is 2. The van der Waals surface area contributed by atoms with Gasteiger partial charge in [-0.1, -0.05) is 47.5 Å². The van der Waals surface area contributed by atoms with E-state index in [2.05, 4.69) is 5.32 Å². The van der Waals surface area contributed by atoms with Gasteiger partial charge in [0.2, 0.25) is 0 Å². The number of benzene rings is 2. The second kappa shape index (κ2) is 9.26. The Bertz CT molecular complexity index is 1080. The largest absolute Gasteiger partial charge is 0.444 e. The van der Waals surface area contributed by atoms with Gasteiger partial charge in [0.1, 0.15) is 5.60 Å². The van der Waals surface area contributed by atoms with E-state index in [1.54, 1.807) is 32.9 Å². The smallest absolute Gasteiger partial charge is 0.407 e. The first-order chi connectivity index (χ1) is 16.1. The van der Waals surface area contributed by atoms with Crippen LogP contribution in [-0.4, -0.2) is 58.6 Å². The number of carbonyl (C=O) groups is 4. The van der Waals surface area contributed by atoms with E-state index < -0.39 is 41.4 Å². The number of rotatable bonds is 5. The van der Waals surface area contributed by atoms with Gasteiger partial charge in [-0.3, -0.25) is 14.5 Å². The molecule has 0 bridgehead atoms. The van der Waals surface area contributed by atoms with Crippen LogP contribution in [0.15, 0.2) is 54.6 Å². The molecule has 4 rings (SSSR count). The lowest BCUT2D eigenvalue weighted by molar-refractivity contribution is -0.173. The molecular formula is C25H27N3O6. The Morgan fingerprint density at radius 1 is 0.941 bits per heavy atom. The summed E-state index contributed by atoms with van der Waals surface area (Å²) < 4.78 is 5.35. The van der Waals surface area contributed by atoms with Crippen molar-refractivity contribution in [1.82, 2.24) is 15.3 Å². The molecule has 2 aliphatic rings. The Kier molecular flexibility index (Phi) is 6.39. The highest BCUT2D eigenvalue weighted by Crippen LogP contribution is 2.26. The molecule has 2 aliphatic heterocycles. The summed E-state index contributed by atoms with van der Waals surface area (Å²) in [5.74, 6) is -2.96. The molecule has 9 nitrogen and oxygen atoms in total. The quantitative estimate of drug-likeness (QED) is 0.677. The molecule has 1 N–H and O–H groups in total. The highest BCUT2D eigenvalue weighted by atomic mass is 16.7. The second-order valence-corrected chi connectivity index (χ2v) is 9.40. The van der Waals surface area contributed by atoms with Crippen LogP contribution in [0.1, 0.15) is 47.1 Å². The van der Waals surface area contributed by atoms with Gasteiger partial charge in [-0.05, 0) is 38.5 Å². The highest BCUT2D eigenvalue weighted by molar-refractivity contribution is 6.20. The standard InChI is InChI=1S/C25H27N3O6/c1-25(2,3)33-24(32)26-20-15-27(13-16-9-5-4-6-10-16)14-19(20)23(31)34-28-21(29)17-11-7-8-12-18(17)22(28)30/h4-12,19-20H,13-15H2,1-3H3,(H,26,32). The summed E-state index contributed by atoms with van der Waals surface area (Å²) in [5, 5.41) is 3.25. The molecule has 0 radical (unpaired) electrons. The first-order valence-electron chi connectivity index (χ1n) is 11.1. The first kappa shape index (κ1) is 23.4. The average molecular weight is 466 g/mol. The van der Waals surface area contributed by atoms with Crippen LogP contribution in [0.3, 0.4) is 0 Å². The SMILES string of the molecule is CC(C)(C)OC(=O)NC1CN(Cc2ccccc2)CC1C(=O)ON1C(=O)c2ccccc2C1=O. The zero-order valence-corrected chi connectivity index (χ0v) is 19.3. The van der Waals surface area contributed by atoms with Gasteiger partial charge in [0.25, 0.3) is 11.8 Å². The van der Waals surface area contributed by atoms with Crippen molar-refractivity contribution in [3.05, 3.63) is 71.3 Å². The van der Waals surface area contributed by atoms with E-state index in [-0.39, 0.29) is 17.7 Å². The van der Waals surface area contributed by atoms with Crippen molar-refractivity contribution in [2.24, 2.45) is 5.92 Å². The number of fused-ring (bicyclic) bond motifs is 1. The third kappa shape index (κ3) is 5.09. The molecule has 2 heterocycles. The lowest BCUT2D eigenvalue weighted by Crippen LogP contribution is -2.46. The molecule has 178 valence electrons. The van der Waals surface area contributed by atoms with Crippen LogP contribution >= 0.6 is 0 Å². The maximum absolute atomic E-state index is 13.1. The summed E-state index contributed by atoms with van der Waals surface area (Å²) in [7, 11) is 0. The van der Waals surface area contributed by atoms with Crippen LogP contribution in [0, 0.1) is 5.92 Å². The van der Waals surface area contributed by atoms with Crippen molar-refractivity contribution in [1.29, 1.82) is 0 Å². The number of imide groups is 1. The molecule has 0 spiro atoms. The van der Waals surface area contributed by atoms with Crippen LogP contribution < -0.4 is 5.32 Å². The minimum absolute atomic E-state index is 0.181. The Morgan fingerprint density at radius 3 is 2.12 bits per heavy atom. The number of likely N-dealkylation sites (tertiary alicyclic amines) is 1. The van der Waals surface area contributed by atoms with Gasteiger partial charge in [0, 0.05) is 19.6 Å². The highest BCUT2D eigenvalue weighted by Gasteiger charge is 2.44. The third-order valence-corrected chi connectivity index (χ3v) is 5.59. The van der Waals surface area contributed by atoms with E-state index in [0.717, 1.165) is 5.56 Å². The normalized spacial score (nSPS) is 20.3. The summed E-state index contributed by atoms with van der Waals surface area (Å²) in [6, 6.07) is 15.4. The zero-order valence-electron chi connectivity index (χ0n) is 19.3. The molecule has 2 aromatic rings. The average Bonchev–Trinajstić information content (AvgIpc) is 3.27. The van der Waals surface area contributed by atoms with Gasteiger partial charge < -0.3 is 14.9 Å². The molecule has 9 heteroatoms. The predicted molar refractivity (Wildman–Crippen MR) is 121 cm³/mol. The van der Waals surface area contributed by atoms with Crippen molar-refractivity contribution in [3.63, 3.8) is 0 Å². The van der Waals surface area contributed by atoms with Gasteiger partial charge in [0.15, 0.2) is 0 Å². The molecule has 2 atom stereocenters. The number of nitrogens with zero attached hydrogens (tertiary/aromatic N) is 2. The number of nitrogens with one attached hydrogen (secondary N) is 1. The number of amides is 3. The Hall–Kier alpha value is -3.72. The third-order valence-electron chi connectivity index (χ3n) is 5.59. The second-order valence-electron chi connectivity index (χ2n) is 9.40. The summed E-state index contributed by atoms with van der Waals surface area (Å²) in [5.41, 5.74) is 0.706. The van der Waals surface area contributed by atoms with Gasteiger partial charge >= 0.3 is 12.1 Å². The van der Waals surface area contributed by atoms with Gasteiger partial charge in [0.05, 0.1) is 23.1 Å². The maximum Gasteiger partial charge on any atom is 0.407 e. The van der Waals surface area contributed by atoms with E-state index >= 15 is 0 Å². The minimum atomic E-state index is -0.805.